The molecule has 0 spiro atoms. The maximum absolute atomic E-state index is 5.58. The second-order valence-electron chi connectivity index (χ2n) is 5.37. The fourth-order valence-corrected chi connectivity index (χ4v) is 2.45. The summed E-state index contributed by atoms with van der Waals surface area (Å²) in [6, 6.07) is 8.93. The smallest absolute Gasteiger partial charge is 0.0233 e. The van der Waals surface area contributed by atoms with Gasteiger partial charge in [0.05, 0.1) is 0 Å². The van der Waals surface area contributed by atoms with Crippen LogP contribution in [0.1, 0.15) is 44.7 Å². The van der Waals surface area contributed by atoms with Crippen LogP contribution < -0.4 is 5.73 Å². The predicted octanol–water partition coefficient (Wildman–Crippen LogP) is 3.45. The maximum Gasteiger partial charge on any atom is 0.0233 e. The number of rotatable bonds is 9. The van der Waals surface area contributed by atoms with E-state index in [4.69, 9.17) is 5.73 Å². The minimum Gasteiger partial charge on any atom is -0.330 e. The van der Waals surface area contributed by atoms with Gasteiger partial charge in [-0.05, 0) is 36.6 Å². The molecule has 2 heteroatoms. The van der Waals surface area contributed by atoms with Gasteiger partial charge >= 0.3 is 0 Å². The second-order valence-corrected chi connectivity index (χ2v) is 5.37. The third kappa shape index (κ3) is 5.75. The highest BCUT2D eigenvalue weighted by Crippen LogP contribution is 2.13. The Balaban J connectivity index is 2.54. The summed E-state index contributed by atoms with van der Waals surface area (Å²) in [5, 5.41) is 0. The van der Waals surface area contributed by atoms with Crippen molar-refractivity contribution >= 4 is 0 Å². The fraction of sp³-hybridized carbons (Fsp3) is 0.647. The first kappa shape index (κ1) is 16.2. The van der Waals surface area contributed by atoms with Crippen LogP contribution in [0, 0.1) is 5.92 Å². The molecule has 19 heavy (non-hydrogen) atoms. The van der Waals surface area contributed by atoms with Crippen molar-refractivity contribution in [2.24, 2.45) is 11.7 Å². The largest absolute Gasteiger partial charge is 0.330 e. The molecule has 0 atom stereocenters. The van der Waals surface area contributed by atoms with Gasteiger partial charge in [0.1, 0.15) is 0 Å². The minimum atomic E-state index is 0.731. The van der Waals surface area contributed by atoms with Gasteiger partial charge in [0.25, 0.3) is 0 Å². The van der Waals surface area contributed by atoms with Crippen LogP contribution in [0.15, 0.2) is 24.3 Å². The molecule has 1 rings (SSSR count). The summed E-state index contributed by atoms with van der Waals surface area (Å²) < 4.78 is 0. The highest BCUT2D eigenvalue weighted by molar-refractivity contribution is 5.22. The molecule has 0 aromatic heterocycles. The average Bonchev–Trinajstić information content (AvgIpc) is 2.45. The summed E-state index contributed by atoms with van der Waals surface area (Å²) in [5.41, 5.74) is 8.33. The summed E-state index contributed by atoms with van der Waals surface area (Å²) in [7, 11) is 0. The molecule has 0 amide bonds. The van der Waals surface area contributed by atoms with Crippen LogP contribution in [0.5, 0.6) is 0 Å². The lowest BCUT2D eigenvalue weighted by molar-refractivity contribution is 0.226. The van der Waals surface area contributed by atoms with Crippen LogP contribution >= 0.6 is 0 Å². The zero-order valence-corrected chi connectivity index (χ0v) is 12.9. The first-order valence-corrected chi connectivity index (χ1v) is 7.73. The lowest BCUT2D eigenvalue weighted by Gasteiger charge is -2.25. The van der Waals surface area contributed by atoms with Crippen LogP contribution in [0.25, 0.3) is 0 Å². The summed E-state index contributed by atoms with van der Waals surface area (Å²) >= 11 is 0. The van der Waals surface area contributed by atoms with Gasteiger partial charge in [-0.25, -0.2) is 0 Å². The van der Waals surface area contributed by atoms with Crippen molar-refractivity contribution in [1.82, 2.24) is 4.90 Å². The topological polar surface area (TPSA) is 29.3 Å². The first-order chi connectivity index (χ1) is 9.23. The van der Waals surface area contributed by atoms with Crippen molar-refractivity contribution in [2.75, 3.05) is 19.6 Å². The lowest BCUT2D eigenvalue weighted by Crippen LogP contribution is -2.28. The number of nitrogens with two attached hydrogens (primary N) is 1. The number of benzene rings is 1. The minimum absolute atomic E-state index is 0.731. The average molecular weight is 262 g/mol. The Morgan fingerprint density at radius 2 is 1.58 bits per heavy atom. The third-order valence-corrected chi connectivity index (χ3v) is 3.98. The standard InChI is InChI=1S/C17H30N2/c1-4-15(5-2)13-19(6-3)14-17-9-7-16(8-10-17)11-12-18/h7-10,15H,4-6,11-14,18H2,1-3H3. The molecule has 0 aliphatic heterocycles. The zero-order valence-electron chi connectivity index (χ0n) is 12.9. The van der Waals surface area contributed by atoms with Gasteiger partial charge in [-0.1, -0.05) is 57.9 Å². The Bertz CT molecular complexity index is 328. The van der Waals surface area contributed by atoms with Crippen molar-refractivity contribution in [3.63, 3.8) is 0 Å². The maximum atomic E-state index is 5.58. The van der Waals surface area contributed by atoms with Crippen molar-refractivity contribution in [3.05, 3.63) is 35.4 Å². The summed E-state index contributed by atoms with van der Waals surface area (Å²) in [6.07, 6.45) is 3.54. The molecule has 0 aliphatic rings. The summed E-state index contributed by atoms with van der Waals surface area (Å²) in [6.45, 7) is 11.0. The van der Waals surface area contributed by atoms with E-state index in [1.807, 2.05) is 0 Å². The van der Waals surface area contributed by atoms with E-state index in [1.165, 1.54) is 30.5 Å². The van der Waals surface area contributed by atoms with Crippen LogP contribution in [0.3, 0.4) is 0 Å². The second kappa shape index (κ2) is 9.11. The molecular weight excluding hydrogens is 232 g/mol. The molecule has 0 radical (unpaired) electrons. The van der Waals surface area contributed by atoms with Gasteiger partial charge in [-0.15, -0.1) is 0 Å². The molecule has 0 aliphatic carbocycles. The third-order valence-electron chi connectivity index (χ3n) is 3.98. The van der Waals surface area contributed by atoms with Crippen molar-refractivity contribution in [3.8, 4) is 0 Å². The molecule has 1 aromatic carbocycles. The Kier molecular flexibility index (Phi) is 7.76. The van der Waals surface area contributed by atoms with E-state index in [9.17, 15) is 0 Å². The molecule has 0 heterocycles. The van der Waals surface area contributed by atoms with Crippen LogP contribution in [0.2, 0.25) is 0 Å². The Labute approximate surface area is 119 Å². The van der Waals surface area contributed by atoms with Crippen molar-refractivity contribution < 1.29 is 0 Å². The summed E-state index contributed by atoms with van der Waals surface area (Å²) in [5.74, 6) is 0.830. The van der Waals surface area contributed by atoms with Crippen molar-refractivity contribution in [2.45, 2.75) is 46.6 Å². The normalized spacial score (nSPS) is 11.5. The van der Waals surface area contributed by atoms with E-state index >= 15 is 0 Å². The molecular formula is C17H30N2. The Morgan fingerprint density at radius 1 is 1.00 bits per heavy atom. The van der Waals surface area contributed by atoms with Gasteiger partial charge in [0.2, 0.25) is 0 Å². The van der Waals surface area contributed by atoms with Crippen LogP contribution in [-0.4, -0.2) is 24.5 Å². The van der Waals surface area contributed by atoms with Crippen LogP contribution in [0.4, 0.5) is 0 Å². The molecule has 2 N–H and O–H groups in total. The first-order valence-electron chi connectivity index (χ1n) is 7.73. The SMILES string of the molecule is CCC(CC)CN(CC)Cc1ccc(CCN)cc1. The molecule has 108 valence electrons. The quantitative estimate of drug-likeness (QED) is 0.738. The van der Waals surface area contributed by atoms with Crippen molar-refractivity contribution in [1.29, 1.82) is 0 Å². The van der Waals surface area contributed by atoms with Gasteiger partial charge in [0.15, 0.2) is 0 Å². The Hall–Kier alpha value is -0.860. The number of nitrogens with zero attached hydrogens (tertiary/aromatic N) is 1. The van der Waals surface area contributed by atoms with Gasteiger partial charge in [-0.2, -0.15) is 0 Å². The molecule has 0 saturated heterocycles. The van der Waals surface area contributed by atoms with Gasteiger partial charge in [-0.3, -0.25) is 4.90 Å². The highest BCUT2D eigenvalue weighted by Gasteiger charge is 2.10. The lowest BCUT2D eigenvalue weighted by atomic mass is 10.0. The Morgan fingerprint density at radius 3 is 2.05 bits per heavy atom. The molecule has 0 saturated carbocycles. The van der Waals surface area contributed by atoms with Gasteiger partial charge < -0.3 is 5.73 Å². The zero-order chi connectivity index (χ0) is 14.1. The monoisotopic (exact) mass is 262 g/mol. The molecule has 2 nitrogen and oxygen atoms in total. The van der Waals surface area contributed by atoms with E-state index in [-0.39, 0.29) is 0 Å². The predicted molar refractivity (Wildman–Crippen MR) is 84.2 cm³/mol. The van der Waals surface area contributed by atoms with E-state index in [2.05, 4.69) is 49.9 Å². The number of hydrogen-bond acceptors (Lipinski definition) is 2. The van der Waals surface area contributed by atoms with E-state index in [1.54, 1.807) is 0 Å². The summed E-state index contributed by atoms with van der Waals surface area (Å²) in [4.78, 5) is 2.55. The van der Waals surface area contributed by atoms with E-state index in [0.717, 1.165) is 32.0 Å². The number of hydrogen-bond donors (Lipinski definition) is 1. The van der Waals surface area contributed by atoms with E-state index < -0.39 is 0 Å². The fourth-order valence-electron chi connectivity index (χ4n) is 2.45. The molecule has 0 fully saturated rings. The molecule has 0 unspecified atom stereocenters. The molecule has 1 aromatic rings. The molecule has 0 bridgehead atoms. The highest BCUT2D eigenvalue weighted by atomic mass is 15.1. The van der Waals surface area contributed by atoms with Crippen LogP contribution in [-0.2, 0) is 13.0 Å². The van der Waals surface area contributed by atoms with Gasteiger partial charge in [0, 0.05) is 13.1 Å². The van der Waals surface area contributed by atoms with E-state index in [0.29, 0.717) is 0 Å².